The van der Waals surface area contributed by atoms with E-state index in [1.165, 1.54) is 17.5 Å². The van der Waals surface area contributed by atoms with Crippen LogP contribution in [-0.4, -0.2) is 17.5 Å². The second-order valence-electron chi connectivity index (χ2n) is 4.95. The van der Waals surface area contributed by atoms with Crippen molar-refractivity contribution >= 4 is 5.78 Å². The average molecular weight is 232 g/mol. The highest BCUT2D eigenvalue weighted by Crippen LogP contribution is 2.26. The highest BCUT2D eigenvalue weighted by molar-refractivity contribution is 5.79. The van der Waals surface area contributed by atoms with Crippen LogP contribution in [0.3, 0.4) is 0 Å². The van der Waals surface area contributed by atoms with Gasteiger partial charge in [-0.1, -0.05) is 24.3 Å². The van der Waals surface area contributed by atoms with Crippen LogP contribution in [0.25, 0.3) is 0 Å². The summed E-state index contributed by atoms with van der Waals surface area (Å²) in [5, 5.41) is 9.04. The number of rotatable bonds is 4. The minimum absolute atomic E-state index is 0.195. The lowest BCUT2D eigenvalue weighted by Gasteiger charge is -2.21. The topological polar surface area (TPSA) is 37.3 Å². The summed E-state index contributed by atoms with van der Waals surface area (Å²) in [4.78, 5) is 11.4. The van der Waals surface area contributed by atoms with E-state index in [4.69, 9.17) is 5.11 Å². The molecular weight excluding hydrogens is 212 g/mol. The molecule has 1 saturated carbocycles. The lowest BCUT2D eigenvalue weighted by atomic mass is 9.83. The van der Waals surface area contributed by atoms with Crippen molar-refractivity contribution in [3.8, 4) is 0 Å². The van der Waals surface area contributed by atoms with Crippen molar-refractivity contribution in [2.24, 2.45) is 5.92 Å². The van der Waals surface area contributed by atoms with E-state index < -0.39 is 0 Å². The molecule has 0 aromatic heterocycles. The number of hydrogen-bond acceptors (Lipinski definition) is 2. The molecule has 0 radical (unpaired) electrons. The molecule has 0 spiro atoms. The number of hydrogen-bond donors (Lipinski definition) is 1. The van der Waals surface area contributed by atoms with Crippen molar-refractivity contribution in [3.63, 3.8) is 0 Å². The summed E-state index contributed by atoms with van der Waals surface area (Å²) in [6, 6.07) is 8.27. The third-order valence-electron chi connectivity index (χ3n) is 3.59. The van der Waals surface area contributed by atoms with Crippen LogP contribution in [0.4, 0.5) is 0 Å². The summed E-state index contributed by atoms with van der Waals surface area (Å²) in [5.41, 5.74) is 2.54. The summed E-state index contributed by atoms with van der Waals surface area (Å²) in [6.07, 6.45) is 5.44. The van der Waals surface area contributed by atoms with Gasteiger partial charge >= 0.3 is 0 Å². The molecule has 2 nitrogen and oxygen atoms in total. The van der Waals surface area contributed by atoms with Crippen molar-refractivity contribution in [1.29, 1.82) is 0 Å². The number of ketones is 1. The molecule has 0 saturated heterocycles. The average Bonchev–Trinajstić information content (AvgIpc) is 2.32. The van der Waals surface area contributed by atoms with Crippen molar-refractivity contribution < 1.29 is 9.90 Å². The van der Waals surface area contributed by atoms with Gasteiger partial charge in [-0.25, -0.2) is 0 Å². The molecule has 2 rings (SSSR count). The van der Waals surface area contributed by atoms with E-state index in [1.54, 1.807) is 0 Å². The molecule has 0 amide bonds. The van der Waals surface area contributed by atoms with Crippen LogP contribution in [0.15, 0.2) is 24.3 Å². The Bertz CT molecular complexity index is 384. The van der Waals surface area contributed by atoms with E-state index >= 15 is 0 Å². The van der Waals surface area contributed by atoms with Crippen LogP contribution in [0.1, 0.15) is 36.8 Å². The largest absolute Gasteiger partial charge is 0.396 e. The molecule has 1 aliphatic rings. The molecule has 0 aliphatic heterocycles. The lowest BCUT2D eigenvalue weighted by molar-refractivity contribution is -0.121. The van der Waals surface area contributed by atoms with Gasteiger partial charge in [0.1, 0.15) is 5.78 Å². The molecule has 0 bridgehead atoms. The van der Waals surface area contributed by atoms with Crippen molar-refractivity contribution in [2.45, 2.75) is 38.5 Å². The summed E-state index contributed by atoms with van der Waals surface area (Å²) in [5.74, 6) is 0.928. The summed E-state index contributed by atoms with van der Waals surface area (Å²) in [7, 11) is 0. The van der Waals surface area contributed by atoms with Gasteiger partial charge in [-0.15, -0.1) is 0 Å². The van der Waals surface area contributed by atoms with E-state index in [0.29, 0.717) is 11.7 Å². The molecule has 92 valence electrons. The molecule has 1 N–H and O–H groups in total. The van der Waals surface area contributed by atoms with Crippen molar-refractivity contribution in [3.05, 3.63) is 35.4 Å². The lowest BCUT2D eigenvalue weighted by Crippen LogP contribution is -2.17. The van der Waals surface area contributed by atoms with Crippen LogP contribution in [0, 0.1) is 5.92 Å². The third kappa shape index (κ3) is 3.40. The number of Topliss-reactive ketones (excluding diaryl/α,β-unsaturated/α-hetero) is 1. The molecular formula is C15H20O2. The fraction of sp³-hybridized carbons (Fsp3) is 0.533. The summed E-state index contributed by atoms with van der Waals surface area (Å²) < 4.78 is 0. The zero-order valence-electron chi connectivity index (χ0n) is 10.2. The first-order valence-corrected chi connectivity index (χ1v) is 6.49. The van der Waals surface area contributed by atoms with Gasteiger partial charge in [0.25, 0.3) is 0 Å². The Morgan fingerprint density at radius 1 is 1.24 bits per heavy atom. The molecule has 1 aliphatic carbocycles. The molecule has 1 aromatic rings. The Morgan fingerprint density at radius 3 is 2.71 bits per heavy atom. The minimum atomic E-state index is 0.195. The summed E-state index contributed by atoms with van der Waals surface area (Å²) >= 11 is 0. The van der Waals surface area contributed by atoms with E-state index in [2.05, 4.69) is 12.1 Å². The Kier molecular flexibility index (Phi) is 4.32. The molecule has 1 aromatic carbocycles. The Hall–Kier alpha value is -1.15. The molecule has 0 heterocycles. The highest BCUT2D eigenvalue weighted by Gasteiger charge is 2.20. The fourth-order valence-electron chi connectivity index (χ4n) is 2.72. The predicted octanol–water partition coefficient (Wildman–Crippen LogP) is 2.52. The highest BCUT2D eigenvalue weighted by atomic mass is 16.2. The van der Waals surface area contributed by atoms with Crippen molar-refractivity contribution in [1.82, 2.24) is 0 Å². The van der Waals surface area contributed by atoms with Crippen LogP contribution >= 0.6 is 0 Å². The van der Waals surface area contributed by atoms with E-state index in [0.717, 1.165) is 32.1 Å². The van der Waals surface area contributed by atoms with Gasteiger partial charge < -0.3 is 5.11 Å². The second-order valence-corrected chi connectivity index (χ2v) is 4.95. The smallest absolute Gasteiger partial charge is 0.133 e. The Balaban J connectivity index is 2.04. The molecule has 1 atom stereocenters. The zero-order chi connectivity index (χ0) is 12.1. The van der Waals surface area contributed by atoms with Gasteiger partial charge in [0.2, 0.25) is 0 Å². The van der Waals surface area contributed by atoms with Gasteiger partial charge in [0.05, 0.1) is 0 Å². The predicted molar refractivity (Wildman–Crippen MR) is 67.9 cm³/mol. The maximum absolute atomic E-state index is 11.4. The number of carbonyl (C=O) groups excluding carboxylic acids is 1. The maximum atomic E-state index is 11.4. The first-order valence-electron chi connectivity index (χ1n) is 6.49. The number of carbonyl (C=O) groups is 1. The first kappa shape index (κ1) is 12.3. The van der Waals surface area contributed by atoms with Crippen LogP contribution in [-0.2, 0) is 17.6 Å². The normalized spacial score (nSPS) is 20.5. The van der Waals surface area contributed by atoms with E-state index in [1.807, 2.05) is 12.1 Å². The standard InChI is InChI=1S/C15H20O2/c16-9-8-13-5-1-2-6-14(13)10-12-4-3-7-15(17)11-12/h1-2,5-6,12,16H,3-4,7-11H2. The SMILES string of the molecule is O=C1CCCC(Cc2ccccc2CCO)C1. The molecule has 2 heteroatoms. The Morgan fingerprint density at radius 2 is 2.00 bits per heavy atom. The molecule has 1 fully saturated rings. The maximum Gasteiger partial charge on any atom is 0.133 e. The van der Waals surface area contributed by atoms with E-state index in [-0.39, 0.29) is 6.61 Å². The quantitative estimate of drug-likeness (QED) is 0.866. The minimum Gasteiger partial charge on any atom is -0.396 e. The number of benzene rings is 1. The monoisotopic (exact) mass is 232 g/mol. The van der Waals surface area contributed by atoms with Crippen LogP contribution in [0.5, 0.6) is 0 Å². The van der Waals surface area contributed by atoms with Gasteiger partial charge in [-0.3, -0.25) is 4.79 Å². The number of aliphatic hydroxyl groups is 1. The van der Waals surface area contributed by atoms with Gasteiger partial charge in [0, 0.05) is 19.4 Å². The van der Waals surface area contributed by atoms with Crippen LogP contribution in [0.2, 0.25) is 0 Å². The van der Waals surface area contributed by atoms with Gasteiger partial charge in [0.15, 0.2) is 0 Å². The zero-order valence-corrected chi connectivity index (χ0v) is 10.2. The third-order valence-corrected chi connectivity index (χ3v) is 3.59. The van der Waals surface area contributed by atoms with E-state index in [9.17, 15) is 4.79 Å². The number of aliphatic hydroxyl groups excluding tert-OH is 1. The summed E-state index contributed by atoms with van der Waals surface area (Å²) in [6.45, 7) is 0.195. The van der Waals surface area contributed by atoms with Crippen LogP contribution < -0.4 is 0 Å². The van der Waals surface area contributed by atoms with Gasteiger partial charge in [-0.2, -0.15) is 0 Å². The fourth-order valence-corrected chi connectivity index (χ4v) is 2.72. The molecule has 1 unspecified atom stereocenters. The Labute approximate surface area is 103 Å². The molecule has 17 heavy (non-hydrogen) atoms. The van der Waals surface area contributed by atoms with Gasteiger partial charge in [-0.05, 0) is 42.7 Å². The first-order chi connectivity index (χ1) is 8.29. The second kappa shape index (κ2) is 5.97. The van der Waals surface area contributed by atoms with Crippen molar-refractivity contribution in [2.75, 3.05) is 6.61 Å².